The van der Waals surface area contributed by atoms with E-state index in [0.717, 1.165) is 16.3 Å². The van der Waals surface area contributed by atoms with Gasteiger partial charge in [-0.2, -0.15) is 4.31 Å². The zero-order chi connectivity index (χ0) is 16.5. The lowest BCUT2D eigenvalue weighted by atomic mass is 9.87. The van der Waals surface area contributed by atoms with Crippen molar-refractivity contribution in [2.75, 3.05) is 6.54 Å². The lowest BCUT2D eigenvalue weighted by Gasteiger charge is -2.32. The SMILES string of the molecule is CC(C)(C)c1cccc(S(=O)(=O)N2CCCC[C@H]2C(=O)O)c1. The van der Waals surface area contributed by atoms with Crippen LogP contribution >= 0.6 is 0 Å². The van der Waals surface area contributed by atoms with Crippen molar-refractivity contribution < 1.29 is 18.3 Å². The van der Waals surface area contributed by atoms with Crippen molar-refractivity contribution in [2.45, 2.75) is 56.4 Å². The molecule has 5 nitrogen and oxygen atoms in total. The summed E-state index contributed by atoms with van der Waals surface area (Å²) in [6.07, 6.45) is 1.81. The maximum absolute atomic E-state index is 12.8. The van der Waals surface area contributed by atoms with Gasteiger partial charge in [-0.25, -0.2) is 8.42 Å². The Hall–Kier alpha value is -1.40. The minimum absolute atomic E-state index is 0.167. The van der Waals surface area contributed by atoms with Gasteiger partial charge >= 0.3 is 5.97 Å². The van der Waals surface area contributed by atoms with E-state index in [1.807, 2.05) is 26.8 Å². The van der Waals surface area contributed by atoms with E-state index in [-0.39, 0.29) is 16.9 Å². The highest BCUT2D eigenvalue weighted by Gasteiger charge is 2.37. The van der Waals surface area contributed by atoms with Crippen molar-refractivity contribution in [3.63, 3.8) is 0 Å². The van der Waals surface area contributed by atoms with Crippen LogP contribution in [0.2, 0.25) is 0 Å². The van der Waals surface area contributed by atoms with E-state index in [2.05, 4.69) is 0 Å². The van der Waals surface area contributed by atoms with Gasteiger partial charge in [-0.15, -0.1) is 0 Å². The summed E-state index contributed by atoms with van der Waals surface area (Å²) in [5.41, 5.74) is 0.747. The van der Waals surface area contributed by atoms with Gasteiger partial charge in [-0.05, 0) is 42.4 Å². The van der Waals surface area contributed by atoms with Gasteiger partial charge in [-0.1, -0.05) is 32.9 Å². The van der Waals surface area contributed by atoms with Gasteiger partial charge in [0.1, 0.15) is 6.04 Å². The molecule has 22 heavy (non-hydrogen) atoms. The van der Waals surface area contributed by atoms with Crippen molar-refractivity contribution >= 4 is 16.0 Å². The van der Waals surface area contributed by atoms with Crippen LogP contribution in [-0.2, 0) is 20.2 Å². The molecule has 1 saturated heterocycles. The number of hydrogen-bond donors (Lipinski definition) is 1. The van der Waals surface area contributed by atoms with Crippen LogP contribution in [0.25, 0.3) is 0 Å². The summed E-state index contributed by atoms with van der Waals surface area (Å²) < 4.78 is 26.8. The fourth-order valence-corrected chi connectivity index (χ4v) is 4.40. The summed E-state index contributed by atoms with van der Waals surface area (Å²) in [5.74, 6) is -1.07. The Morgan fingerprint density at radius 3 is 2.55 bits per heavy atom. The molecule has 1 aromatic carbocycles. The Morgan fingerprint density at radius 2 is 1.95 bits per heavy atom. The standard InChI is InChI=1S/C16H23NO4S/c1-16(2,3)12-7-6-8-13(11-12)22(20,21)17-10-5-4-9-14(17)15(18)19/h6-8,11,14H,4-5,9-10H2,1-3H3,(H,18,19)/t14-/m0/s1. The molecule has 1 aliphatic rings. The average molecular weight is 325 g/mol. The highest BCUT2D eigenvalue weighted by Crippen LogP contribution is 2.29. The van der Waals surface area contributed by atoms with E-state index in [9.17, 15) is 18.3 Å². The average Bonchev–Trinajstić information content (AvgIpc) is 2.46. The quantitative estimate of drug-likeness (QED) is 0.927. The number of nitrogens with zero attached hydrogens (tertiary/aromatic N) is 1. The van der Waals surface area contributed by atoms with Gasteiger partial charge in [0.2, 0.25) is 10.0 Å². The van der Waals surface area contributed by atoms with Crippen LogP contribution in [0.4, 0.5) is 0 Å². The third-order valence-corrected chi connectivity index (χ3v) is 5.95. The number of carboxylic acids is 1. The molecule has 0 aliphatic carbocycles. The van der Waals surface area contributed by atoms with E-state index in [4.69, 9.17) is 0 Å². The van der Waals surface area contributed by atoms with Gasteiger partial charge in [0.25, 0.3) is 0 Å². The molecule has 1 heterocycles. The maximum Gasteiger partial charge on any atom is 0.322 e. The van der Waals surface area contributed by atoms with Crippen LogP contribution in [0.3, 0.4) is 0 Å². The van der Waals surface area contributed by atoms with E-state index < -0.39 is 22.0 Å². The summed E-state index contributed by atoms with van der Waals surface area (Å²) in [7, 11) is -3.79. The van der Waals surface area contributed by atoms with Crippen molar-refractivity contribution in [3.05, 3.63) is 29.8 Å². The van der Waals surface area contributed by atoms with Crippen LogP contribution in [-0.4, -0.2) is 36.4 Å². The molecule has 0 bridgehead atoms. The topological polar surface area (TPSA) is 74.7 Å². The van der Waals surface area contributed by atoms with Crippen molar-refractivity contribution in [2.24, 2.45) is 0 Å². The van der Waals surface area contributed by atoms with Gasteiger partial charge in [0.05, 0.1) is 4.90 Å². The Bertz CT molecular complexity index is 661. The minimum atomic E-state index is -3.79. The molecule has 1 fully saturated rings. The molecule has 1 N–H and O–H groups in total. The zero-order valence-electron chi connectivity index (χ0n) is 13.2. The minimum Gasteiger partial charge on any atom is -0.480 e. The highest BCUT2D eigenvalue weighted by atomic mass is 32.2. The monoisotopic (exact) mass is 325 g/mol. The van der Waals surface area contributed by atoms with E-state index in [1.54, 1.807) is 12.1 Å². The maximum atomic E-state index is 12.8. The predicted octanol–water partition coefficient (Wildman–Crippen LogP) is 2.61. The molecule has 0 amide bonds. The molecular weight excluding hydrogens is 302 g/mol. The Kier molecular flexibility index (Phi) is 4.63. The molecule has 122 valence electrons. The number of benzene rings is 1. The number of aliphatic carboxylic acids is 1. The third kappa shape index (κ3) is 3.33. The summed E-state index contributed by atoms with van der Waals surface area (Å²) in [4.78, 5) is 11.5. The first-order valence-electron chi connectivity index (χ1n) is 7.49. The van der Waals surface area contributed by atoms with E-state index in [1.165, 1.54) is 6.07 Å². The predicted molar refractivity (Wildman–Crippen MR) is 84.3 cm³/mol. The highest BCUT2D eigenvalue weighted by molar-refractivity contribution is 7.89. The number of carbonyl (C=O) groups is 1. The number of piperidine rings is 1. The van der Waals surface area contributed by atoms with Crippen molar-refractivity contribution in [1.29, 1.82) is 0 Å². The van der Waals surface area contributed by atoms with Crippen LogP contribution < -0.4 is 0 Å². The number of carboxylic acid groups (broad SMARTS) is 1. The Morgan fingerprint density at radius 1 is 1.27 bits per heavy atom. The molecule has 0 saturated carbocycles. The molecular formula is C16H23NO4S. The molecule has 0 unspecified atom stereocenters. The lowest BCUT2D eigenvalue weighted by Crippen LogP contribution is -2.47. The summed E-state index contributed by atoms with van der Waals surface area (Å²) >= 11 is 0. The van der Waals surface area contributed by atoms with Crippen molar-refractivity contribution in [3.8, 4) is 0 Å². The van der Waals surface area contributed by atoms with Gasteiger partial charge in [0.15, 0.2) is 0 Å². The summed E-state index contributed by atoms with van der Waals surface area (Å²) in [6.45, 7) is 6.30. The molecule has 2 rings (SSSR count). The van der Waals surface area contributed by atoms with Crippen LogP contribution in [0.15, 0.2) is 29.2 Å². The largest absolute Gasteiger partial charge is 0.480 e. The second-order valence-corrected chi connectivity index (χ2v) is 8.63. The van der Waals surface area contributed by atoms with Crippen LogP contribution in [0, 0.1) is 0 Å². The van der Waals surface area contributed by atoms with Crippen LogP contribution in [0.1, 0.15) is 45.6 Å². The lowest BCUT2D eigenvalue weighted by molar-refractivity contribution is -0.142. The number of rotatable bonds is 3. The molecule has 0 aromatic heterocycles. The number of hydrogen-bond acceptors (Lipinski definition) is 3. The smallest absolute Gasteiger partial charge is 0.322 e. The van der Waals surface area contributed by atoms with Gasteiger partial charge < -0.3 is 5.11 Å². The van der Waals surface area contributed by atoms with E-state index >= 15 is 0 Å². The second kappa shape index (κ2) is 6.01. The molecule has 6 heteroatoms. The molecule has 0 spiro atoms. The number of sulfonamides is 1. The molecule has 1 aliphatic heterocycles. The molecule has 1 aromatic rings. The van der Waals surface area contributed by atoms with Crippen LogP contribution in [0.5, 0.6) is 0 Å². The van der Waals surface area contributed by atoms with Gasteiger partial charge in [-0.3, -0.25) is 4.79 Å². The van der Waals surface area contributed by atoms with Gasteiger partial charge in [0, 0.05) is 6.54 Å². The first-order valence-corrected chi connectivity index (χ1v) is 8.93. The fraction of sp³-hybridized carbons (Fsp3) is 0.562. The van der Waals surface area contributed by atoms with Crippen molar-refractivity contribution in [1.82, 2.24) is 4.31 Å². The normalized spacial score (nSPS) is 20.8. The second-order valence-electron chi connectivity index (χ2n) is 6.74. The first-order chi connectivity index (χ1) is 10.1. The summed E-state index contributed by atoms with van der Waals surface area (Å²) in [5, 5.41) is 9.30. The van der Waals surface area contributed by atoms with E-state index in [0.29, 0.717) is 12.8 Å². The fourth-order valence-electron chi connectivity index (χ4n) is 2.70. The first kappa shape index (κ1) is 17.0. The zero-order valence-corrected chi connectivity index (χ0v) is 14.1. The Labute approximate surface area is 132 Å². The molecule has 0 radical (unpaired) electrons. The third-order valence-electron chi connectivity index (χ3n) is 4.05. The Balaban J connectivity index is 2.43. The molecule has 1 atom stereocenters. The summed E-state index contributed by atoms with van der Waals surface area (Å²) in [6, 6.07) is 5.84.